The monoisotopic (exact) mass is 224 g/mol. The van der Waals surface area contributed by atoms with Crippen molar-refractivity contribution >= 4 is 16.6 Å². The van der Waals surface area contributed by atoms with E-state index in [-0.39, 0.29) is 5.78 Å². The minimum atomic E-state index is 0.217. The highest BCUT2D eigenvalue weighted by molar-refractivity contribution is 5.99. The lowest BCUT2D eigenvalue weighted by Crippen LogP contribution is -1.97. The second-order valence-electron chi connectivity index (χ2n) is 4.09. The molecule has 86 valence electrons. The fraction of sp³-hybridized carbons (Fsp3) is 0.188. The maximum atomic E-state index is 11.9. The number of hydrogen-bond acceptors (Lipinski definition) is 1. The van der Waals surface area contributed by atoms with Gasteiger partial charge in [-0.05, 0) is 30.2 Å². The van der Waals surface area contributed by atoms with E-state index in [0.717, 1.165) is 17.4 Å². The van der Waals surface area contributed by atoms with Crippen molar-refractivity contribution in [1.29, 1.82) is 0 Å². The molecule has 17 heavy (non-hydrogen) atoms. The molecule has 2 aromatic carbocycles. The highest BCUT2D eigenvalue weighted by atomic mass is 16.1. The van der Waals surface area contributed by atoms with Crippen molar-refractivity contribution in [3.05, 3.63) is 60.2 Å². The summed E-state index contributed by atoms with van der Waals surface area (Å²) in [5.74, 6) is 0.217. The van der Waals surface area contributed by atoms with E-state index in [2.05, 4.69) is 6.07 Å². The van der Waals surface area contributed by atoms with Crippen LogP contribution in [0.25, 0.3) is 10.8 Å². The molecule has 0 spiro atoms. The van der Waals surface area contributed by atoms with Crippen LogP contribution in [0.4, 0.5) is 0 Å². The average molecular weight is 224 g/mol. The number of benzene rings is 2. The Balaban J connectivity index is 2.21. The highest BCUT2D eigenvalue weighted by Crippen LogP contribution is 2.17. The molecule has 0 radical (unpaired) electrons. The third kappa shape index (κ3) is 2.82. The molecule has 0 aromatic heterocycles. The smallest absolute Gasteiger partial charge is 0.163 e. The fourth-order valence-corrected chi connectivity index (χ4v) is 1.89. The van der Waals surface area contributed by atoms with Crippen molar-refractivity contribution in [3.63, 3.8) is 0 Å². The number of allylic oxidation sites excluding steroid dienone is 2. The molecule has 0 amide bonds. The highest BCUT2D eigenvalue weighted by Gasteiger charge is 2.05. The summed E-state index contributed by atoms with van der Waals surface area (Å²) >= 11 is 0. The molecule has 2 rings (SSSR count). The van der Waals surface area contributed by atoms with Gasteiger partial charge in [-0.1, -0.05) is 48.6 Å². The minimum Gasteiger partial charge on any atom is -0.294 e. The van der Waals surface area contributed by atoms with Gasteiger partial charge >= 0.3 is 0 Å². The standard InChI is InChI=1S/C16H16O/c1-2-3-4-9-16(17)15-11-10-13-7-5-6-8-14(13)12-15/h2-3,5-8,10-12H,4,9H2,1H3/b3-2+. The Hall–Kier alpha value is -1.89. The van der Waals surface area contributed by atoms with E-state index in [1.54, 1.807) is 0 Å². The van der Waals surface area contributed by atoms with Crippen molar-refractivity contribution in [3.8, 4) is 0 Å². The van der Waals surface area contributed by atoms with Crippen LogP contribution >= 0.6 is 0 Å². The van der Waals surface area contributed by atoms with Gasteiger partial charge < -0.3 is 0 Å². The molecular weight excluding hydrogens is 208 g/mol. The molecule has 0 aliphatic carbocycles. The van der Waals surface area contributed by atoms with Gasteiger partial charge in [0.05, 0.1) is 0 Å². The van der Waals surface area contributed by atoms with Gasteiger partial charge in [0.1, 0.15) is 0 Å². The van der Waals surface area contributed by atoms with Crippen molar-refractivity contribution in [2.45, 2.75) is 19.8 Å². The summed E-state index contributed by atoms with van der Waals surface area (Å²) in [6.45, 7) is 1.97. The van der Waals surface area contributed by atoms with E-state index >= 15 is 0 Å². The van der Waals surface area contributed by atoms with Crippen LogP contribution in [0.3, 0.4) is 0 Å². The molecule has 1 nitrogen and oxygen atoms in total. The van der Waals surface area contributed by atoms with Crippen LogP contribution in [0.2, 0.25) is 0 Å². The molecule has 0 bridgehead atoms. The normalized spacial score (nSPS) is 11.1. The van der Waals surface area contributed by atoms with E-state index in [9.17, 15) is 4.79 Å². The molecule has 1 heteroatoms. The Morgan fingerprint density at radius 2 is 1.88 bits per heavy atom. The molecule has 0 aliphatic heterocycles. The van der Waals surface area contributed by atoms with E-state index in [1.165, 1.54) is 5.39 Å². The largest absolute Gasteiger partial charge is 0.294 e. The van der Waals surface area contributed by atoms with Gasteiger partial charge in [-0.15, -0.1) is 0 Å². The SMILES string of the molecule is C/C=C/CCC(=O)c1ccc2ccccc2c1. The van der Waals surface area contributed by atoms with Crippen LogP contribution in [0.15, 0.2) is 54.6 Å². The predicted octanol–water partition coefficient (Wildman–Crippen LogP) is 4.38. The zero-order valence-corrected chi connectivity index (χ0v) is 10.0. The fourth-order valence-electron chi connectivity index (χ4n) is 1.89. The Bertz CT molecular complexity index is 552. The van der Waals surface area contributed by atoms with E-state index in [1.807, 2.05) is 55.5 Å². The molecule has 0 atom stereocenters. The van der Waals surface area contributed by atoms with Crippen LogP contribution < -0.4 is 0 Å². The quantitative estimate of drug-likeness (QED) is 0.556. The lowest BCUT2D eigenvalue weighted by molar-refractivity contribution is 0.0984. The Morgan fingerprint density at radius 1 is 1.12 bits per heavy atom. The Morgan fingerprint density at radius 3 is 2.65 bits per heavy atom. The average Bonchev–Trinajstić information content (AvgIpc) is 2.38. The molecule has 0 saturated carbocycles. The first kappa shape index (κ1) is 11.6. The number of rotatable bonds is 4. The van der Waals surface area contributed by atoms with Gasteiger partial charge in [0.2, 0.25) is 0 Å². The molecule has 2 aromatic rings. The van der Waals surface area contributed by atoms with Crippen LogP contribution in [-0.4, -0.2) is 5.78 Å². The van der Waals surface area contributed by atoms with Gasteiger partial charge in [0.15, 0.2) is 5.78 Å². The second-order valence-corrected chi connectivity index (χ2v) is 4.09. The number of hydrogen-bond donors (Lipinski definition) is 0. The predicted molar refractivity (Wildman–Crippen MR) is 72.3 cm³/mol. The Kier molecular flexibility index (Phi) is 3.71. The Labute approximate surface area is 102 Å². The van der Waals surface area contributed by atoms with Crippen molar-refractivity contribution in [2.75, 3.05) is 0 Å². The summed E-state index contributed by atoms with van der Waals surface area (Å²) in [5.41, 5.74) is 0.813. The second kappa shape index (κ2) is 5.44. The van der Waals surface area contributed by atoms with Gasteiger partial charge in [0, 0.05) is 12.0 Å². The molecule has 0 saturated heterocycles. The van der Waals surface area contributed by atoms with Crippen LogP contribution in [0, 0.1) is 0 Å². The lowest BCUT2D eigenvalue weighted by Gasteiger charge is -2.02. The maximum absolute atomic E-state index is 11.9. The van der Waals surface area contributed by atoms with Crippen LogP contribution in [0.5, 0.6) is 0 Å². The first-order valence-electron chi connectivity index (χ1n) is 5.94. The summed E-state index contributed by atoms with van der Waals surface area (Å²) < 4.78 is 0. The van der Waals surface area contributed by atoms with Gasteiger partial charge in [0.25, 0.3) is 0 Å². The van der Waals surface area contributed by atoms with E-state index in [4.69, 9.17) is 0 Å². The lowest BCUT2D eigenvalue weighted by atomic mass is 10.0. The minimum absolute atomic E-state index is 0.217. The first-order valence-corrected chi connectivity index (χ1v) is 5.94. The van der Waals surface area contributed by atoms with Crippen molar-refractivity contribution in [2.24, 2.45) is 0 Å². The molecule has 0 N–H and O–H groups in total. The zero-order valence-electron chi connectivity index (χ0n) is 10.0. The van der Waals surface area contributed by atoms with Crippen LogP contribution in [0.1, 0.15) is 30.1 Å². The molecule has 0 heterocycles. The number of carbonyl (C=O) groups is 1. The summed E-state index contributed by atoms with van der Waals surface area (Å²) in [6, 6.07) is 14.0. The topological polar surface area (TPSA) is 17.1 Å². The van der Waals surface area contributed by atoms with Crippen molar-refractivity contribution < 1.29 is 4.79 Å². The summed E-state index contributed by atoms with van der Waals surface area (Å²) in [4.78, 5) is 11.9. The zero-order chi connectivity index (χ0) is 12.1. The van der Waals surface area contributed by atoms with Gasteiger partial charge in [-0.3, -0.25) is 4.79 Å². The first-order chi connectivity index (χ1) is 8.31. The molecule has 0 fully saturated rings. The van der Waals surface area contributed by atoms with Crippen molar-refractivity contribution in [1.82, 2.24) is 0 Å². The van der Waals surface area contributed by atoms with E-state index < -0.39 is 0 Å². The van der Waals surface area contributed by atoms with Crippen LogP contribution in [-0.2, 0) is 0 Å². The van der Waals surface area contributed by atoms with Gasteiger partial charge in [-0.2, -0.15) is 0 Å². The van der Waals surface area contributed by atoms with Gasteiger partial charge in [-0.25, -0.2) is 0 Å². The number of ketones is 1. The number of Topliss-reactive ketones (excluding diaryl/α,β-unsaturated/α-hetero) is 1. The molecule has 0 aliphatic rings. The number of fused-ring (bicyclic) bond motifs is 1. The molecule has 0 unspecified atom stereocenters. The molecular formula is C16H16O. The third-order valence-corrected chi connectivity index (χ3v) is 2.85. The number of carbonyl (C=O) groups excluding carboxylic acids is 1. The summed E-state index contributed by atoms with van der Waals surface area (Å²) in [5, 5.41) is 2.31. The van der Waals surface area contributed by atoms with E-state index in [0.29, 0.717) is 6.42 Å². The third-order valence-electron chi connectivity index (χ3n) is 2.85. The maximum Gasteiger partial charge on any atom is 0.163 e. The summed E-state index contributed by atoms with van der Waals surface area (Å²) in [7, 11) is 0. The summed E-state index contributed by atoms with van der Waals surface area (Å²) in [6.07, 6.45) is 5.41.